The quantitative estimate of drug-likeness (QED) is 0.607. The van der Waals surface area contributed by atoms with Gasteiger partial charge in [-0.2, -0.15) is 0 Å². The normalized spacial score (nSPS) is 11.0. The van der Waals surface area contributed by atoms with Gasteiger partial charge in [-0.05, 0) is 37.3 Å². The molecule has 0 aliphatic heterocycles. The summed E-state index contributed by atoms with van der Waals surface area (Å²) in [5.41, 5.74) is 2.25. The summed E-state index contributed by atoms with van der Waals surface area (Å²) in [6.45, 7) is 2.04. The Morgan fingerprint density at radius 2 is 2.00 bits per heavy atom. The molecule has 0 amide bonds. The maximum Gasteiger partial charge on any atom is 0.0907 e. The number of nitrogens with zero attached hydrogens (tertiary/aromatic N) is 2. The van der Waals surface area contributed by atoms with Gasteiger partial charge < -0.3 is 4.57 Å². The van der Waals surface area contributed by atoms with E-state index in [9.17, 15) is 0 Å². The molecule has 3 heteroatoms. The fraction of sp³-hybridized carbons (Fsp3) is 0.0833. The van der Waals surface area contributed by atoms with Crippen LogP contribution in [0.25, 0.3) is 15.9 Å². The van der Waals surface area contributed by atoms with Gasteiger partial charge in [0.15, 0.2) is 0 Å². The van der Waals surface area contributed by atoms with Crippen LogP contribution in [0.2, 0.25) is 0 Å². The summed E-state index contributed by atoms with van der Waals surface area (Å²) >= 11 is 1.74. The van der Waals surface area contributed by atoms with Crippen molar-refractivity contribution in [2.75, 3.05) is 0 Å². The zero-order valence-corrected chi connectivity index (χ0v) is 9.16. The first-order valence-corrected chi connectivity index (χ1v) is 5.65. The topological polar surface area (TPSA) is 17.8 Å². The number of hydrogen-bond donors (Lipinski definition) is 0. The molecule has 0 spiro atoms. The number of aryl methyl sites for hydroxylation is 1. The van der Waals surface area contributed by atoms with Crippen LogP contribution in [0.1, 0.15) is 5.01 Å². The SMILES string of the molecule is Cc1nc2cc(-n3cccc3)ccc2s1. The van der Waals surface area contributed by atoms with E-state index in [0.717, 1.165) is 16.2 Å². The summed E-state index contributed by atoms with van der Waals surface area (Å²) in [4.78, 5) is 4.49. The first-order chi connectivity index (χ1) is 7.33. The van der Waals surface area contributed by atoms with Crippen molar-refractivity contribution < 1.29 is 0 Å². The Morgan fingerprint density at radius 3 is 2.80 bits per heavy atom. The van der Waals surface area contributed by atoms with Crippen molar-refractivity contribution in [3.63, 3.8) is 0 Å². The van der Waals surface area contributed by atoms with E-state index in [0.29, 0.717) is 0 Å². The molecule has 0 saturated heterocycles. The molecule has 3 aromatic rings. The first kappa shape index (κ1) is 8.68. The minimum absolute atomic E-state index is 1.09. The van der Waals surface area contributed by atoms with Gasteiger partial charge in [0.2, 0.25) is 0 Å². The summed E-state index contributed by atoms with van der Waals surface area (Å²) in [6.07, 6.45) is 4.08. The van der Waals surface area contributed by atoms with E-state index < -0.39 is 0 Å². The minimum Gasteiger partial charge on any atom is -0.324 e. The summed E-state index contributed by atoms with van der Waals surface area (Å²) in [7, 11) is 0. The molecule has 3 rings (SSSR count). The molecule has 0 aliphatic rings. The number of aromatic nitrogens is 2. The van der Waals surface area contributed by atoms with Gasteiger partial charge in [0.25, 0.3) is 0 Å². The van der Waals surface area contributed by atoms with Crippen molar-refractivity contribution in [2.24, 2.45) is 0 Å². The van der Waals surface area contributed by atoms with E-state index in [4.69, 9.17) is 0 Å². The van der Waals surface area contributed by atoms with E-state index in [1.165, 1.54) is 4.70 Å². The van der Waals surface area contributed by atoms with Crippen LogP contribution in [-0.4, -0.2) is 9.55 Å². The Morgan fingerprint density at radius 1 is 1.20 bits per heavy atom. The van der Waals surface area contributed by atoms with Crippen molar-refractivity contribution in [3.05, 3.63) is 47.7 Å². The van der Waals surface area contributed by atoms with Crippen molar-refractivity contribution in [1.82, 2.24) is 9.55 Å². The average Bonchev–Trinajstić information content (AvgIpc) is 2.82. The van der Waals surface area contributed by atoms with Gasteiger partial charge in [0.1, 0.15) is 0 Å². The second-order valence-corrected chi connectivity index (χ2v) is 4.71. The Kier molecular flexibility index (Phi) is 1.86. The third-order valence-electron chi connectivity index (χ3n) is 2.38. The monoisotopic (exact) mass is 214 g/mol. The van der Waals surface area contributed by atoms with E-state index >= 15 is 0 Å². The lowest BCUT2D eigenvalue weighted by molar-refractivity contribution is 1.08. The van der Waals surface area contributed by atoms with Crippen LogP contribution in [0.3, 0.4) is 0 Å². The van der Waals surface area contributed by atoms with Crippen LogP contribution < -0.4 is 0 Å². The molecule has 2 heterocycles. The average molecular weight is 214 g/mol. The van der Waals surface area contributed by atoms with Gasteiger partial charge in [-0.1, -0.05) is 0 Å². The molecule has 0 atom stereocenters. The fourth-order valence-corrected chi connectivity index (χ4v) is 2.51. The number of rotatable bonds is 1. The molecule has 0 aliphatic carbocycles. The van der Waals surface area contributed by atoms with E-state index in [1.54, 1.807) is 11.3 Å². The van der Waals surface area contributed by atoms with Crippen LogP contribution >= 0.6 is 11.3 Å². The molecule has 2 nitrogen and oxygen atoms in total. The van der Waals surface area contributed by atoms with Crippen LogP contribution in [0.5, 0.6) is 0 Å². The predicted molar refractivity (Wildman–Crippen MR) is 63.7 cm³/mol. The maximum absolute atomic E-state index is 4.49. The lowest BCUT2D eigenvalue weighted by Crippen LogP contribution is -1.88. The largest absolute Gasteiger partial charge is 0.324 e. The summed E-state index contributed by atoms with van der Waals surface area (Å²) < 4.78 is 3.34. The molecule has 0 bridgehead atoms. The summed E-state index contributed by atoms with van der Waals surface area (Å²) in [5.74, 6) is 0. The van der Waals surface area contributed by atoms with Crippen LogP contribution in [0.15, 0.2) is 42.7 Å². The zero-order valence-electron chi connectivity index (χ0n) is 8.34. The molecule has 15 heavy (non-hydrogen) atoms. The highest BCUT2D eigenvalue weighted by Gasteiger charge is 2.01. The lowest BCUT2D eigenvalue weighted by Gasteiger charge is -2.01. The Balaban J connectivity index is 2.21. The van der Waals surface area contributed by atoms with Gasteiger partial charge in [0.05, 0.1) is 15.2 Å². The molecule has 0 unspecified atom stereocenters. The molecule has 0 N–H and O–H groups in total. The summed E-state index contributed by atoms with van der Waals surface area (Å²) in [5, 5.41) is 1.12. The number of thiazole rings is 1. The third kappa shape index (κ3) is 1.45. The second kappa shape index (κ2) is 3.21. The molecule has 0 saturated carbocycles. The predicted octanol–water partition coefficient (Wildman–Crippen LogP) is 3.40. The Bertz CT molecular complexity index is 593. The van der Waals surface area contributed by atoms with Crippen LogP contribution in [0, 0.1) is 6.92 Å². The molecule has 0 radical (unpaired) electrons. The van der Waals surface area contributed by atoms with Crippen molar-refractivity contribution >= 4 is 21.6 Å². The maximum atomic E-state index is 4.49. The molecule has 1 aromatic carbocycles. The van der Waals surface area contributed by atoms with Gasteiger partial charge >= 0.3 is 0 Å². The molecule has 0 fully saturated rings. The van der Waals surface area contributed by atoms with E-state index in [2.05, 4.69) is 27.8 Å². The fourth-order valence-electron chi connectivity index (χ4n) is 1.70. The lowest BCUT2D eigenvalue weighted by atomic mass is 10.3. The summed E-state index contributed by atoms with van der Waals surface area (Å²) in [6, 6.07) is 10.4. The highest BCUT2D eigenvalue weighted by Crippen LogP contribution is 2.23. The second-order valence-electron chi connectivity index (χ2n) is 3.48. The molecular weight excluding hydrogens is 204 g/mol. The highest BCUT2D eigenvalue weighted by molar-refractivity contribution is 7.18. The van der Waals surface area contributed by atoms with E-state index in [1.807, 2.05) is 31.5 Å². The van der Waals surface area contributed by atoms with Gasteiger partial charge in [-0.15, -0.1) is 11.3 Å². The molecule has 2 aromatic heterocycles. The van der Waals surface area contributed by atoms with Crippen LogP contribution in [0.4, 0.5) is 0 Å². The van der Waals surface area contributed by atoms with Crippen molar-refractivity contribution in [3.8, 4) is 5.69 Å². The van der Waals surface area contributed by atoms with Crippen molar-refractivity contribution in [2.45, 2.75) is 6.92 Å². The third-order valence-corrected chi connectivity index (χ3v) is 3.33. The van der Waals surface area contributed by atoms with Gasteiger partial charge in [-0.25, -0.2) is 4.98 Å². The zero-order chi connectivity index (χ0) is 10.3. The number of benzene rings is 1. The van der Waals surface area contributed by atoms with Gasteiger partial charge in [-0.3, -0.25) is 0 Å². The molecule has 74 valence electrons. The van der Waals surface area contributed by atoms with Crippen LogP contribution in [-0.2, 0) is 0 Å². The number of hydrogen-bond acceptors (Lipinski definition) is 2. The highest BCUT2D eigenvalue weighted by atomic mass is 32.1. The van der Waals surface area contributed by atoms with E-state index in [-0.39, 0.29) is 0 Å². The number of fused-ring (bicyclic) bond motifs is 1. The smallest absolute Gasteiger partial charge is 0.0907 e. The standard InChI is InChI=1S/C12H10N2S/c1-9-13-11-8-10(4-5-12(11)15-9)14-6-2-3-7-14/h2-8H,1H3. The Labute approximate surface area is 91.8 Å². The Hall–Kier alpha value is -1.61. The molecular formula is C12H10N2S. The van der Waals surface area contributed by atoms with Gasteiger partial charge in [0, 0.05) is 18.1 Å². The minimum atomic E-state index is 1.09. The van der Waals surface area contributed by atoms with Crippen molar-refractivity contribution in [1.29, 1.82) is 0 Å². The first-order valence-electron chi connectivity index (χ1n) is 4.83.